The zero-order valence-electron chi connectivity index (χ0n) is 8.53. The lowest BCUT2D eigenvalue weighted by Gasteiger charge is -2.01. The summed E-state index contributed by atoms with van der Waals surface area (Å²) in [7, 11) is 0. The number of aromatic carboxylic acids is 1. The van der Waals surface area contributed by atoms with E-state index in [0.717, 1.165) is 0 Å². The van der Waals surface area contributed by atoms with Crippen LogP contribution < -0.4 is 0 Å². The second-order valence-corrected chi connectivity index (χ2v) is 3.41. The molecule has 0 saturated heterocycles. The average Bonchev–Trinajstić information content (AvgIpc) is 2.97. The summed E-state index contributed by atoms with van der Waals surface area (Å²) in [6.07, 6.45) is 6.03. The Morgan fingerprint density at radius 1 is 1.35 bits per heavy atom. The van der Waals surface area contributed by atoms with Crippen molar-refractivity contribution in [2.45, 2.75) is 0 Å². The Hall–Kier alpha value is -2.70. The molecule has 7 heteroatoms. The second-order valence-electron chi connectivity index (χ2n) is 3.41. The lowest BCUT2D eigenvalue weighted by Crippen LogP contribution is -1.98. The number of fused-ring (bicyclic) bond motifs is 1. The summed E-state index contributed by atoms with van der Waals surface area (Å²) >= 11 is 0. The minimum atomic E-state index is -0.973. The molecule has 0 radical (unpaired) electrons. The molecule has 2 N–H and O–H groups in total. The molecule has 3 heterocycles. The number of imidazole rings is 1. The van der Waals surface area contributed by atoms with Gasteiger partial charge in [-0.25, -0.2) is 19.7 Å². The second kappa shape index (κ2) is 3.41. The summed E-state index contributed by atoms with van der Waals surface area (Å²) in [4.78, 5) is 25.8. The van der Waals surface area contributed by atoms with Gasteiger partial charge in [-0.15, -0.1) is 0 Å². The highest BCUT2D eigenvalue weighted by Crippen LogP contribution is 2.15. The maximum absolute atomic E-state index is 10.8. The number of nitrogens with zero attached hydrogens (tertiary/aromatic N) is 4. The number of aromatic nitrogens is 5. The first kappa shape index (κ1) is 9.52. The molecule has 0 spiro atoms. The van der Waals surface area contributed by atoms with Gasteiger partial charge in [-0.05, 0) is 6.07 Å². The van der Waals surface area contributed by atoms with E-state index in [-0.39, 0.29) is 5.56 Å². The molecular formula is C10H7N5O2. The molecule has 0 atom stereocenters. The number of hydrogen-bond acceptors (Lipinski definition) is 4. The van der Waals surface area contributed by atoms with Crippen LogP contribution in [0.25, 0.3) is 17.0 Å². The third-order valence-corrected chi connectivity index (χ3v) is 2.39. The van der Waals surface area contributed by atoms with Gasteiger partial charge in [-0.3, -0.25) is 0 Å². The van der Waals surface area contributed by atoms with Crippen molar-refractivity contribution in [3.63, 3.8) is 0 Å². The number of nitrogens with one attached hydrogen (secondary N) is 1. The van der Waals surface area contributed by atoms with E-state index in [9.17, 15) is 4.79 Å². The lowest BCUT2D eigenvalue weighted by molar-refractivity contribution is 0.0697. The van der Waals surface area contributed by atoms with Crippen molar-refractivity contribution in [1.29, 1.82) is 0 Å². The van der Waals surface area contributed by atoms with E-state index in [2.05, 4.69) is 19.9 Å². The molecule has 0 bridgehead atoms. The van der Waals surface area contributed by atoms with E-state index in [1.807, 2.05) is 0 Å². The van der Waals surface area contributed by atoms with Crippen LogP contribution in [0.15, 0.2) is 31.1 Å². The van der Waals surface area contributed by atoms with Crippen molar-refractivity contribution in [3.05, 3.63) is 36.7 Å². The molecule has 0 aromatic carbocycles. The number of carbonyl (C=O) groups is 1. The Morgan fingerprint density at radius 2 is 2.24 bits per heavy atom. The molecule has 3 rings (SSSR count). The first-order valence-electron chi connectivity index (χ1n) is 4.81. The van der Waals surface area contributed by atoms with Crippen molar-refractivity contribution in [2.75, 3.05) is 0 Å². The Labute approximate surface area is 94.8 Å². The smallest absolute Gasteiger partial charge is 0.337 e. The molecule has 0 saturated carbocycles. The van der Waals surface area contributed by atoms with E-state index >= 15 is 0 Å². The minimum absolute atomic E-state index is 0.205. The molecule has 0 aliphatic rings. The number of aromatic amines is 1. The molecular weight excluding hydrogens is 222 g/mol. The first-order valence-corrected chi connectivity index (χ1v) is 4.81. The van der Waals surface area contributed by atoms with Crippen LogP contribution in [-0.2, 0) is 0 Å². The number of hydrogen-bond donors (Lipinski definition) is 2. The quantitative estimate of drug-likeness (QED) is 0.678. The number of carboxylic acid groups (broad SMARTS) is 1. The van der Waals surface area contributed by atoms with Crippen molar-refractivity contribution < 1.29 is 9.90 Å². The van der Waals surface area contributed by atoms with Crippen LogP contribution in [0.4, 0.5) is 0 Å². The maximum Gasteiger partial charge on any atom is 0.337 e. The van der Waals surface area contributed by atoms with E-state index in [1.165, 1.54) is 24.9 Å². The van der Waals surface area contributed by atoms with E-state index in [4.69, 9.17) is 5.11 Å². The van der Waals surface area contributed by atoms with Gasteiger partial charge in [0.15, 0.2) is 11.5 Å². The summed E-state index contributed by atoms with van der Waals surface area (Å²) in [5.41, 5.74) is 1.41. The summed E-state index contributed by atoms with van der Waals surface area (Å²) in [6.45, 7) is 0. The Morgan fingerprint density at radius 3 is 3.00 bits per heavy atom. The summed E-state index contributed by atoms with van der Waals surface area (Å²) in [5.74, 6) is -0.404. The molecule has 3 aromatic heterocycles. The normalized spacial score (nSPS) is 10.8. The monoisotopic (exact) mass is 229 g/mol. The summed E-state index contributed by atoms with van der Waals surface area (Å²) in [5, 5.41) is 8.85. The van der Waals surface area contributed by atoms with Crippen LogP contribution in [-0.4, -0.2) is 35.6 Å². The van der Waals surface area contributed by atoms with Crippen LogP contribution in [0.2, 0.25) is 0 Å². The standard InChI is InChI=1S/C10H7N5O2/c16-10(17)6-1-2-15(3-6)9-7-8(12-4-11-7)13-5-14-9/h1-5H,(H,16,17)(H,11,12,13,14). The molecule has 0 fully saturated rings. The lowest BCUT2D eigenvalue weighted by atomic mass is 10.4. The Kier molecular flexibility index (Phi) is 1.91. The zero-order chi connectivity index (χ0) is 11.8. The van der Waals surface area contributed by atoms with Gasteiger partial charge in [-0.2, -0.15) is 0 Å². The number of rotatable bonds is 2. The van der Waals surface area contributed by atoms with Crippen LogP contribution in [0.1, 0.15) is 10.4 Å². The van der Waals surface area contributed by atoms with E-state index in [0.29, 0.717) is 17.0 Å². The number of H-pyrrole nitrogens is 1. The van der Waals surface area contributed by atoms with Gasteiger partial charge in [0.25, 0.3) is 0 Å². The van der Waals surface area contributed by atoms with E-state index < -0.39 is 5.97 Å². The van der Waals surface area contributed by atoms with Crippen molar-refractivity contribution in [2.24, 2.45) is 0 Å². The van der Waals surface area contributed by atoms with Gasteiger partial charge in [0, 0.05) is 12.4 Å². The van der Waals surface area contributed by atoms with Gasteiger partial charge >= 0.3 is 5.97 Å². The fraction of sp³-hybridized carbons (Fsp3) is 0. The van der Waals surface area contributed by atoms with Crippen molar-refractivity contribution >= 4 is 17.1 Å². The highest BCUT2D eigenvalue weighted by molar-refractivity contribution is 5.87. The maximum atomic E-state index is 10.8. The molecule has 3 aromatic rings. The third kappa shape index (κ3) is 1.44. The average molecular weight is 229 g/mol. The highest BCUT2D eigenvalue weighted by Gasteiger charge is 2.10. The van der Waals surface area contributed by atoms with Crippen LogP contribution >= 0.6 is 0 Å². The Balaban J connectivity index is 2.19. The minimum Gasteiger partial charge on any atom is -0.478 e. The molecule has 0 unspecified atom stereocenters. The van der Waals surface area contributed by atoms with Gasteiger partial charge in [0.2, 0.25) is 0 Å². The summed E-state index contributed by atoms with van der Waals surface area (Å²) < 4.78 is 1.62. The highest BCUT2D eigenvalue weighted by atomic mass is 16.4. The van der Waals surface area contributed by atoms with E-state index in [1.54, 1.807) is 10.8 Å². The van der Waals surface area contributed by atoms with Crippen LogP contribution in [0, 0.1) is 0 Å². The molecule has 84 valence electrons. The van der Waals surface area contributed by atoms with Crippen LogP contribution in [0.3, 0.4) is 0 Å². The summed E-state index contributed by atoms with van der Waals surface area (Å²) in [6, 6.07) is 1.51. The largest absolute Gasteiger partial charge is 0.478 e. The van der Waals surface area contributed by atoms with Gasteiger partial charge in [0.05, 0.1) is 11.9 Å². The van der Waals surface area contributed by atoms with Crippen molar-refractivity contribution in [1.82, 2.24) is 24.5 Å². The number of carboxylic acids is 1. The van der Waals surface area contributed by atoms with Gasteiger partial charge in [0.1, 0.15) is 11.8 Å². The molecule has 0 aliphatic heterocycles. The van der Waals surface area contributed by atoms with Crippen molar-refractivity contribution in [3.8, 4) is 5.82 Å². The SMILES string of the molecule is O=C(O)c1ccn(-c2ncnc3nc[nH]c23)c1. The third-order valence-electron chi connectivity index (χ3n) is 2.39. The fourth-order valence-corrected chi connectivity index (χ4v) is 1.60. The van der Waals surface area contributed by atoms with Gasteiger partial charge < -0.3 is 14.7 Å². The Bertz CT molecular complexity index is 699. The molecule has 0 aliphatic carbocycles. The van der Waals surface area contributed by atoms with Gasteiger partial charge in [-0.1, -0.05) is 0 Å². The molecule has 17 heavy (non-hydrogen) atoms. The topological polar surface area (TPSA) is 96.7 Å². The van der Waals surface area contributed by atoms with Crippen LogP contribution in [0.5, 0.6) is 0 Å². The first-order chi connectivity index (χ1) is 8.25. The predicted octanol–water partition coefficient (Wildman–Crippen LogP) is 0.842. The molecule has 7 nitrogen and oxygen atoms in total. The zero-order valence-corrected chi connectivity index (χ0v) is 8.53. The fourth-order valence-electron chi connectivity index (χ4n) is 1.60. The predicted molar refractivity (Wildman–Crippen MR) is 58.0 cm³/mol. The molecule has 0 amide bonds.